The molecule has 4 heteroatoms. The van der Waals surface area contributed by atoms with E-state index in [4.69, 9.17) is 4.84 Å². The molecule has 0 aromatic heterocycles. The third-order valence-corrected chi connectivity index (χ3v) is 9.89. The van der Waals surface area contributed by atoms with Gasteiger partial charge in [0.25, 0.3) is 0 Å². The summed E-state index contributed by atoms with van der Waals surface area (Å²) in [5.74, 6) is 3.18. The molecule has 4 rings (SSSR count). The van der Waals surface area contributed by atoms with Crippen LogP contribution in [0.2, 0.25) is 0 Å². The fourth-order valence-electron chi connectivity index (χ4n) is 8.21. The third-order valence-electron chi connectivity index (χ3n) is 9.89. The molecule has 0 bridgehead atoms. The Morgan fingerprint density at radius 3 is 2.41 bits per heavy atom. The van der Waals surface area contributed by atoms with Gasteiger partial charge in [0.15, 0.2) is 0 Å². The van der Waals surface area contributed by atoms with Gasteiger partial charge in [0, 0.05) is 5.92 Å². The largest absolute Gasteiger partial charge is 0.393 e. The molecule has 4 fully saturated rings. The normalized spacial score (nSPS) is 47.3. The quantitative estimate of drug-likeness (QED) is 0.380. The Balaban J connectivity index is 1.51. The highest BCUT2D eigenvalue weighted by atomic mass is 16.7. The van der Waals surface area contributed by atoms with Crippen molar-refractivity contribution in [2.24, 2.45) is 51.5 Å². The van der Waals surface area contributed by atoms with Crippen LogP contribution in [0.4, 0.5) is 0 Å². The molecule has 0 heterocycles. The van der Waals surface area contributed by atoms with Crippen LogP contribution in [-0.4, -0.2) is 22.9 Å². The van der Waals surface area contributed by atoms with Gasteiger partial charge in [0.05, 0.1) is 17.7 Å². The Bertz CT molecular complexity index is 673. The van der Waals surface area contributed by atoms with E-state index in [1.165, 1.54) is 44.9 Å². The highest BCUT2D eigenvalue weighted by molar-refractivity contribution is 5.86. The lowest BCUT2D eigenvalue weighted by Gasteiger charge is -2.61. The molecule has 0 aliphatic heterocycles. The van der Waals surface area contributed by atoms with Crippen LogP contribution in [0.1, 0.15) is 92.4 Å². The maximum absolute atomic E-state index is 11.9. The van der Waals surface area contributed by atoms with Crippen LogP contribution in [0.15, 0.2) is 5.16 Å². The maximum Gasteiger partial charge on any atom is 0.337 e. The fraction of sp³-hybridized carbons (Fsp3) is 0.920. The van der Waals surface area contributed by atoms with Crippen LogP contribution in [-0.2, 0) is 9.63 Å². The molecule has 0 aromatic rings. The van der Waals surface area contributed by atoms with Crippen molar-refractivity contribution in [1.29, 1.82) is 0 Å². The number of aliphatic hydroxyl groups excluding tert-OH is 1. The summed E-state index contributed by atoms with van der Waals surface area (Å²) in [6, 6.07) is 0. The first-order valence-electron chi connectivity index (χ1n) is 12.1. The third kappa shape index (κ3) is 3.47. The first-order valence-corrected chi connectivity index (χ1v) is 12.1. The van der Waals surface area contributed by atoms with Gasteiger partial charge in [-0.2, -0.15) is 0 Å². The van der Waals surface area contributed by atoms with Gasteiger partial charge in [0.2, 0.25) is 0 Å². The van der Waals surface area contributed by atoms with E-state index in [-0.39, 0.29) is 23.4 Å². The summed E-state index contributed by atoms with van der Waals surface area (Å²) in [6.45, 7) is 10.8. The smallest absolute Gasteiger partial charge is 0.337 e. The molecule has 8 atom stereocenters. The summed E-state index contributed by atoms with van der Waals surface area (Å²) in [5.41, 5.74) is 1.73. The zero-order valence-electron chi connectivity index (χ0n) is 19.1. The van der Waals surface area contributed by atoms with Crippen molar-refractivity contribution < 1.29 is 14.7 Å². The van der Waals surface area contributed by atoms with E-state index >= 15 is 0 Å². The van der Waals surface area contributed by atoms with Crippen molar-refractivity contribution in [3.63, 3.8) is 0 Å². The summed E-state index contributed by atoms with van der Waals surface area (Å²) in [7, 11) is 0. The van der Waals surface area contributed by atoms with E-state index in [9.17, 15) is 9.90 Å². The molecule has 0 unspecified atom stereocenters. The monoisotopic (exact) mass is 403 g/mol. The minimum absolute atomic E-state index is 0.0678. The molecule has 1 N–H and O–H groups in total. The molecule has 0 spiro atoms. The molecule has 0 amide bonds. The number of carbonyl (C=O) groups is 1. The molecular formula is C25H41NO3. The fourth-order valence-corrected chi connectivity index (χ4v) is 8.21. The van der Waals surface area contributed by atoms with E-state index < -0.39 is 0 Å². The molecule has 0 aromatic carbocycles. The number of hydrogen-bond acceptors (Lipinski definition) is 4. The number of carbonyl (C=O) groups excluding carboxylic acids is 1. The van der Waals surface area contributed by atoms with Crippen molar-refractivity contribution in [2.45, 2.75) is 98.5 Å². The van der Waals surface area contributed by atoms with E-state index in [2.05, 4.69) is 25.9 Å². The first-order chi connectivity index (χ1) is 13.7. The van der Waals surface area contributed by atoms with Crippen LogP contribution in [0, 0.1) is 46.3 Å². The number of hydrogen-bond donors (Lipinski definition) is 1. The van der Waals surface area contributed by atoms with Crippen molar-refractivity contribution in [2.75, 3.05) is 0 Å². The van der Waals surface area contributed by atoms with Crippen LogP contribution >= 0.6 is 0 Å². The van der Waals surface area contributed by atoms with Crippen LogP contribution < -0.4 is 0 Å². The lowest BCUT2D eigenvalue weighted by molar-refractivity contribution is -0.147. The van der Waals surface area contributed by atoms with Crippen LogP contribution in [0.3, 0.4) is 0 Å². The van der Waals surface area contributed by atoms with Crippen LogP contribution in [0.25, 0.3) is 0 Å². The Morgan fingerprint density at radius 2 is 1.69 bits per heavy atom. The standard InChI is InChI=1S/C25H41NO3/c1-15(2)23(28)29-26-16(3)20-8-9-21-19-7-6-17-14-18(27)10-12-24(17,4)22(19)11-13-25(20,21)5/h15,17-22,27H,6-14H2,1-5H3/b26-16+/t17-,18+,19-,20+,21-,22-,24-,25+/m0/s1. The SMILES string of the molecule is C/C(=N\OC(=O)C(C)C)[C@H]1CC[C@H]2[C@@H]3CC[C@H]4C[C@H](O)CC[C@]4(C)[C@H]3CC[C@]12C. The van der Waals surface area contributed by atoms with Gasteiger partial charge in [-0.15, -0.1) is 0 Å². The topological polar surface area (TPSA) is 58.9 Å². The van der Waals surface area contributed by atoms with Crippen molar-refractivity contribution >= 4 is 11.7 Å². The Kier molecular flexibility index (Phi) is 5.63. The number of nitrogens with zero attached hydrogens (tertiary/aromatic N) is 1. The van der Waals surface area contributed by atoms with E-state index in [1.54, 1.807) is 0 Å². The Labute approximate surface area is 176 Å². The predicted octanol–water partition coefficient (Wildman–Crippen LogP) is 5.58. The van der Waals surface area contributed by atoms with Gasteiger partial charge in [-0.25, -0.2) is 4.79 Å². The first kappa shape index (κ1) is 21.3. The molecule has 4 saturated carbocycles. The van der Waals surface area contributed by atoms with E-state index in [1.807, 2.05) is 13.8 Å². The molecule has 4 aliphatic rings. The van der Waals surface area contributed by atoms with Crippen molar-refractivity contribution in [3.05, 3.63) is 0 Å². The summed E-state index contributed by atoms with van der Waals surface area (Å²) < 4.78 is 0. The summed E-state index contributed by atoms with van der Waals surface area (Å²) in [4.78, 5) is 17.1. The predicted molar refractivity (Wildman–Crippen MR) is 115 cm³/mol. The summed E-state index contributed by atoms with van der Waals surface area (Å²) in [6.07, 6.45) is 10.8. The molecular weight excluding hydrogens is 362 g/mol. The second-order valence-electron chi connectivity index (χ2n) is 11.6. The van der Waals surface area contributed by atoms with Gasteiger partial charge in [-0.05, 0) is 99.2 Å². The van der Waals surface area contributed by atoms with Gasteiger partial charge in [0.1, 0.15) is 0 Å². The molecule has 4 aliphatic carbocycles. The minimum atomic E-state index is -0.238. The maximum atomic E-state index is 11.9. The minimum Gasteiger partial charge on any atom is -0.393 e. The molecule has 0 saturated heterocycles. The average molecular weight is 404 g/mol. The van der Waals surface area contributed by atoms with Gasteiger partial charge < -0.3 is 9.94 Å². The van der Waals surface area contributed by atoms with Gasteiger partial charge in [-0.3, -0.25) is 0 Å². The van der Waals surface area contributed by atoms with Crippen molar-refractivity contribution in [3.8, 4) is 0 Å². The van der Waals surface area contributed by atoms with E-state index in [0.717, 1.165) is 36.3 Å². The molecule has 4 nitrogen and oxygen atoms in total. The number of fused-ring (bicyclic) bond motifs is 5. The molecule has 29 heavy (non-hydrogen) atoms. The molecule has 0 radical (unpaired) electrons. The average Bonchev–Trinajstić information content (AvgIpc) is 3.03. The Morgan fingerprint density at radius 1 is 1.00 bits per heavy atom. The van der Waals surface area contributed by atoms with Gasteiger partial charge >= 0.3 is 5.97 Å². The summed E-state index contributed by atoms with van der Waals surface area (Å²) in [5, 5.41) is 14.5. The number of rotatable bonds is 3. The number of oxime groups is 1. The summed E-state index contributed by atoms with van der Waals surface area (Å²) >= 11 is 0. The van der Waals surface area contributed by atoms with Crippen molar-refractivity contribution in [1.82, 2.24) is 0 Å². The highest BCUT2D eigenvalue weighted by Gasteiger charge is 2.60. The zero-order chi connectivity index (χ0) is 21.0. The molecule has 164 valence electrons. The highest BCUT2D eigenvalue weighted by Crippen LogP contribution is 2.67. The lowest BCUT2D eigenvalue weighted by atomic mass is 9.44. The van der Waals surface area contributed by atoms with Gasteiger partial charge in [-0.1, -0.05) is 32.9 Å². The zero-order valence-corrected chi connectivity index (χ0v) is 19.1. The number of aliphatic hydroxyl groups is 1. The lowest BCUT2D eigenvalue weighted by Crippen LogP contribution is -2.54. The van der Waals surface area contributed by atoms with E-state index in [0.29, 0.717) is 17.3 Å². The Hall–Kier alpha value is -0.900. The van der Waals surface area contributed by atoms with Crippen LogP contribution in [0.5, 0.6) is 0 Å². The second-order valence-corrected chi connectivity index (χ2v) is 11.6. The second kappa shape index (κ2) is 7.66.